The summed E-state index contributed by atoms with van der Waals surface area (Å²) in [5, 5.41) is 31.4. The molecule has 1 unspecified atom stereocenters. The molecule has 8 heteroatoms. The second-order valence-corrected chi connectivity index (χ2v) is 4.07. The molecule has 0 aliphatic rings. The van der Waals surface area contributed by atoms with Crippen LogP contribution in [-0.2, 0) is 0 Å². The molecule has 0 aliphatic carbocycles. The van der Waals surface area contributed by atoms with Gasteiger partial charge < -0.3 is 15.5 Å². The minimum atomic E-state index is -1.37. The standard InChI is InChI=1S/C11H15N3O5/c1-7(15)3-2-4-12-10-5-8(11(16)17)9(6-13-10)14(18)19/h5-7,15H,2-4H2,1H3,(H,12,13)(H,16,17). The first kappa shape index (κ1) is 14.8. The highest BCUT2D eigenvalue weighted by Gasteiger charge is 2.20. The summed E-state index contributed by atoms with van der Waals surface area (Å²) in [7, 11) is 0. The Balaban J connectivity index is 2.73. The number of aliphatic hydroxyl groups excluding tert-OH is 1. The fourth-order valence-electron chi connectivity index (χ4n) is 1.48. The van der Waals surface area contributed by atoms with Crippen LogP contribution < -0.4 is 5.32 Å². The molecular weight excluding hydrogens is 254 g/mol. The van der Waals surface area contributed by atoms with Gasteiger partial charge in [0.2, 0.25) is 0 Å². The molecule has 8 nitrogen and oxygen atoms in total. The molecule has 0 fully saturated rings. The van der Waals surface area contributed by atoms with Crippen molar-refractivity contribution < 1.29 is 19.9 Å². The zero-order chi connectivity index (χ0) is 14.4. The van der Waals surface area contributed by atoms with Gasteiger partial charge in [-0.25, -0.2) is 9.78 Å². The van der Waals surface area contributed by atoms with Crippen LogP contribution in [0.4, 0.5) is 11.5 Å². The van der Waals surface area contributed by atoms with Crippen molar-refractivity contribution in [3.63, 3.8) is 0 Å². The van der Waals surface area contributed by atoms with Crippen molar-refractivity contribution in [3.8, 4) is 0 Å². The van der Waals surface area contributed by atoms with E-state index < -0.39 is 28.2 Å². The van der Waals surface area contributed by atoms with Crippen LogP contribution >= 0.6 is 0 Å². The summed E-state index contributed by atoms with van der Waals surface area (Å²) in [6.07, 6.45) is 1.80. The molecule has 1 heterocycles. The van der Waals surface area contributed by atoms with Gasteiger partial charge in [0.1, 0.15) is 17.6 Å². The number of carboxylic acids is 1. The molecule has 0 aliphatic heterocycles. The molecule has 104 valence electrons. The van der Waals surface area contributed by atoms with Crippen molar-refractivity contribution in [2.45, 2.75) is 25.9 Å². The second kappa shape index (κ2) is 6.64. The molecule has 0 amide bonds. The van der Waals surface area contributed by atoms with E-state index in [0.29, 0.717) is 19.4 Å². The van der Waals surface area contributed by atoms with Gasteiger partial charge in [0, 0.05) is 12.6 Å². The number of hydrogen-bond donors (Lipinski definition) is 3. The molecule has 0 spiro atoms. The predicted octanol–water partition coefficient (Wildman–Crippen LogP) is 1.26. The van der Waals surface area contributed by atoms with E-state index >= 15 is 0 Å². The van der Waals surface area contributed by atoms with E-state index in [1.807, 2.05) is 0 Å². The third-order valence-electron chi connectivity index (χ3n) is 2.41. The molecule has 0 saturated carbocycles. The van der Waals surface area contributed by atoms with Crippen LogP contribution in [0.25, 0.3) is 0 Å². The lowest BCUT2D eigenvalue weighted by Gasteiger charge is -2.07. The number of rotatable bonds is 7. The van der Waals surface area contributed by atoms with Gasteiger partial charge >= 0.3 is 11.7 Å². The quantitative estimate of drug-likeness (QED) is 0.386. The van der Waals surface area contributed by atoms with Crippen molar-refractivity contribution in [2.75, 3.05) is 11.9 Å². The lowest BCUT2D eigenvalue weighted by Crippen LogP contribution is -2.09. The number of pyridine rings is 1. The van der Waals surface area contributed by atoms with Gasteiger partial charge in [0.25, 0.3) is 0 Å². The van der Waals surface area contributed by atoms with Gasteiger partial charge in [-0.1, -0.05) is 0 Å². The molecule has 3 N–H and O–H groups in total. The molecule has 19 heavy (non-hydrogen) atoms. The van der Waals surface area contributed by atoms with E-state index in [4.69, 9.17) is 10.2 Å². The van der Waals surface area contributed by atoms with Crippen LogP contribution in [0, 0.1) is 10.1 Å². The van der Waals surface area contributed by atoms with Crippen molar-refractivity contribution in [3.05, 3.63) is 27.9 Å². The highest BCUT2D eigenvalue weighted by Crippen LogP contribution is 2.20. The summed E-state index contributed by atoms with van der Waals surface area (Å²) >= 11 is 0. The van der Waals surface area contributed by atoms with Crippen molar-refractivity contribution in [2.24, 2.45) is 0 Å². The zero-order valence-electron chi connectivity index (χ0n) is 10.4. The van der Waals surface area contributed by atoms with Gasteiger partial charge in [-0.15, -0.1) is 0 Å². The second-order valence-electron chi connectivity index (χ2n) is 4.07. The van der Waals surface area contributed by atoms with Crippen LogP contribution in [0.1, 0.15) is 30.1 Å². The summed E-state index contributed by atoms with van der Waals surface area (Å²) in [4.78, 5) is 24.5. The lowest BCUT2D eigenvalue weighted by molar-refractivity contribution is -0.385. The SMILES string of the molecule is CC(O)CCCNc1cc(C(=O)O)c([N+](=O)[O-])cn1. The molecule has 0 bridgehead atoms. The topological polar surface area (TPSA) is 126 Å². The number of aromatic carboxylic acids is 1. The van der Waals surface area contributed by atoms with Crippen LogP contribution in [0.15, 0.2) is 12.3 Å². The van der Waals surface area contributed by atoms with Crippen molar-refractivity contribution in [1.82, 2.24) is 4.98 Å². The van der Waals surface area contributed by atoms with Gasteiger partial charge in [0.05, 0.1) is 11.0 Å². The number of aliphatic hydroxyl groups is 1. The molecule has 1 aromatic heterocycles. The predicted molar refractivity (Wildman–Crippen MR) is 67.3 cm³/mol. The Labute approximate surface area is 109 Å². The van der Waals surface area contributed by atoms with Crippen molar-refractivity contribution >= 4 is 17.5 Å². The first-order valence-electron chi connectivity index (χ1n) is 5.71. The van der Waals surface area contributed by atoms with Gasteiger partial charge in [-0.05, 0) is 19.8 Å². The summed E-state index contributed by atoms with van der Waals surface area (Å²) < 4.78 is 0. The highest BCUT2D eigenvalue weighted by molar-refractivity contribution is 5.93. The maximum Gasteiger partial charge on any atom is 0.342 e. The van der Waals surface area contributed by atoms with Gasteiger partial charge in [0.15, 0.2) is 0 Å². The number of carboxylic acid groups (broad SMARTS) is 1. The molecule has 1 aromatic rings. The molecular formula is C11H15N3O5. The zero-order valence-corrected chi connectivity index (χ0v) is 10.4. The molecule has 1 rings (SSSR count). The Hall–Kier alpha value is -2.22. The Bertz CT molecular complexity index is 475. The molecule has 0 radical (unpaired) electrons. The average molecular weight is 269 g/mol. The third-order valence-corrected chi connectivity index (χ3v) is 2.41. The van der Waals surface area contributed by atoms with Crippen LogP contribution in [0.5, 0.6) is 0 Å². The summed E-state index contributed by atoms with van der Waals surface area (Å²) in [6.45, 7) is 2.17. The first-order valence-corrected chi connectivity index (χ1v) is 5.71. The number of aromatic nitrogens is 1. The van der Waals surface area contributed by atoms with Crippen LogP contribution in [0.2, 0.25) is 0 Å². The molecule has 0 aromatic carbocycles. The van der Waals surface area contributed by atoms with Crippen LogP contribution in [0.3, 0.4) is 0 Å². The Morgan fingerprint density at radius 2 is 2.32 bits per heavy atom. The van der Waals surface area contributed by atoms with E-state index in [9.17, 15) is 14.9 Å². The molecule has 1 atom stereocenters. The summed E-state index contributed by atoms with van der Waals surface area (Å²) in [5.74, 6) is -1.12. The maximum absolute atomic E-state index is 10.9. The minimum Gasteiger partial charge on any atom is -0.477 e. The number of nitrogens with zero attached hydrogens (tertiary/aromatic N) is 2. The Morgan fingerprint density at radius 1 is 1.63 bits per heavy atom. The van der Waals surface area contributed by atoms with E-state index in [-0.39, 0.29) is 5.82 Å². The van der Waals surface area contributed by atoms with Gasteiger partial charge in [-0.3, -0.25) is 10.1 Å². The average Bonchev–Trinajstić information content (AvgIpc) is 2.33. The maximum atomic E-state index is 10.9. The summed E-state index contributed by atoms with van der Waals surface area (Å²) in [5.41, 5.74) is -0.944. The highest BCUT2D eigenvalue weighted by atomic mass is 16.6. The fourth-order valence-corrected chi connectivity index (χ4v) is 1.48. The van der Waals surface area contributed by atoms with E-state index in [1.165, 1.54) is 0 Å². The number of nitro groups is 1. The largest absolute Gasteiger partial charge is 0.477 e. The van der Waals surface area contributed by atoms with E-state index in [2.05, 4.69) is 10.3 Å². The number of carbonyl (C=O) groups is 1. The first-order chi connectivity index (χ1) is 8.91. The fraction of sp³-hybridized carbons (Fsp3) is 0.455. The number of nitrogens with one attached hydrogen (secondary N) is 1. The normalized spacial score (nSPS) is 11.9. The monoisotopic (exact) mass is 269 g/mol. The number of anilines is 1. The smallest absolute Gasteiger partial charge is 0.342 e. The number of hydrogen-bond acceptors (Lipinski definition) is 6. The van der Waals surface area contributed by atoms with Crippen molar-refractivity contribution in [1.29, 1.82) is 0 Å². The minimum absolute atomic E-state index is 0.258. The third kappa shape index (κ3) is 4.51. The lowest BCUT2D eigenvalue weighted by atomic mass is 10.2. The summed E-state index contributed by atoms with van der Waals surface area (Å²) in [6, 6.07) is 1.13. The Kier molecular flexibility index (Phi) is 5.19. The van der Waals surface area contributed by atoms with E-state index in [1.54, 1.807) is 6.92 Å². The Morgan fingerprint density at radius 3 is 2.84 bits per heavy atom. The van der Waals surface area contributed by atoms with Crippen LogP contribution in [-0.4, -0.2) is 38.7 Å². The molecule has 0 saturated heterocycles. The van der Waals surface area contributed by atoms with Gasteiger partial charge in [-0.2, -0.15) is 0 Å². The van der Waals surface area contributed by atoms with E-state index in [0.717, 1.165) is 12.3 Å².